The number of nitrogens with zero attached hydrogens (tertiary/aromatic N) is 3. The molecule has 36 heavy (non-hydrogen) atoms. The van der Waals surface area contributed by atoms with Gasteiger partial charge in [0.25, 0.3) is 5.91 Å². The highest BCUT2D eigenvalue weighted by atomic mass is 35.5. The van der Waals surface area contributed by atoms with Crippen molar-refractivity contribution in [3.63, 3.8) is 0 Å². The van der Waals surface area contributed by atoms with Gasteiger partial charge in [0, 0.05) is 12.2 Å². The van der Waals surface area contributed by atoms with E-state index in [2.05, 4.69) is 41.3 Å². The lowest BCUT2D eigenvalue weighted by Crippen LogP contribution is -2.32. The van der Waals surface area contributed by atoms with Crippen LogP contribution in [-0.2, 0) is 11.3 Å². The Labute approximate surface area is 219 Å². The SMILES string of the molecule is C=CCn1c(SCC(=O)Nc2cc(F)ccc2C)nnc1[C@@H](CC(C)C)NC(=O)c1ccccc1Cl. The molecule has 0 aliphatic carbocycles. The summed E-state index contributed by atoms with van der Waals surface area (Å²) in [5.74, 6) is -0.159. The summed E-state index contributed by atoms with van der Waals surface area (Å²) in [5.41, 5.74) is 1.56. The van der Waals surface area contributed by atoms with Crippen LogP contribution in [-0.4, -0.2) is 32.3 Å². The zero-order valence-corrected chi connectivity index (χ0v) is 22.0. The minimum atomic E-state index is -0.431. The van der Waals surface area contributed by atoms with Crippen LogP contribution in [0, 0.1) is 18.7 Å². The molecule has 0 bridgehead atoms. The minimum Gasteiger partial charge on any atom is -0.342 e. The molecule has 0 spiro atoms. The first kappa shape index (κ1) is 27.4. The summed E-state index contributed by atoms with van der Waals surface area (Å²) in [6.45, 7) is 10.1. The number of aromatic nitrogens is 3. The number of anilines is 1. The molecular formula is C26H29ClFN5O2S. The van der Waals surface area contributed by atoms with E-state index >= 15 is 0 Å². The van der Waals surface area contributed by atoms with Gasteiger partial charge in [0.1, 0.15) is 5.82 Å². The van der Waals surface area contributed by atoms with Gasteiger partial charge in [-0.25, -0.2) is 4.39 Å². The van der Waals surface area contributed by atoms with Crippen molar-refractivity contribution in [1.29, 1.82) is 0 Å². The molecule has 2 amide bonds. The molecule has 1 heterocycles. The van der Waals surface area contributed by atoms with Crippen molar-refractivity contribution in [2.75, 3.05) is 11.1 Å². The first-order valence-corrected chi connectivity index (χ1v) is 12.8. The molecule has 0 fully saturated rings. The number of halogens is 2. The zero-order valence-electron chi connectivity index (χ0n) is 20.4. The summed E-state index contributed by atoms with van der Waals surface area (Å²) < 4.78 is 15.4. The predicted molar refractivity (Wildman–Crippen MR) is 142 cm³/mol. The van der Waals surface area contributed by atoms with Crippen LogP contribution in [0.4, 0.5) is 10.1 Å². The van der Waals surface area contributed by atoms with E-state index in [0.717, 1.165) is 5.56 Å². The van der Waals surface area contributed by atoms with Gasteiger partial charge in [0.05, 0.1) is 22.4 Å². The van der Waals surface area contributed by atoms with Gasteiger partial charge in [-0.3, -0.25) is 9.59 Å². The lowest BCUT2D eigenvalue weighted by atomic mass is 10.0. The molecule has 190 valence electrons. The molecule has 2 aromatic carbocycles. The van der Waals surface area contributed by atoms with Crippen molar-refractivity contribution >= 4 is 40.9 Å². The Hall–Kier alpha value is -3.17. The summed E-state index contributed by atoms with van der Waals surface area (Å²) in [4.78, 5) is 25.5. The van der Waals surface area contributed by atoms with E-state index in [1.165, 1.54) is 23.9 Å². The molecule has 0 saturated heterocycles. The summed E-state index contributed by atoms with van der Waals surface area (Å²) in [6, 6.07) is 10.7. The summed E-state index contributed by atoms with van der Waals surface area (Å²) in [6.07, 6.45) is 2.32. The van der Waals surface area contributed by atoms with Crippen LogP contribution in [0.25, 0.3) is 0 Å². The van der Waals surface area contributed by atoms with E-state index in [4.69, 9.17) is 11.6 Å². The van der Waals surface area contributed by atoms with Crippen LogP contribution < -0.4 is 10.6 Å². The Balaban J connectivity index is 1.79. The van der Waals surface area contributed by atoms with Gasteiger partial charge in [-0.05, 0) is 49.1 Å². The first-order chi connectivity index (χ1) is 17.2. The Bertz CT molecular complexity index is 1250. The van der Waals surface area contributed by atoms with Crippen LogP contribution in [0.1, 0.15) is 48.1 Å². The molecule has 0 unspecified atom stereocenters. The molecule has 1 atom stereocenters. The molecule has 10 heteroatoms. The predicted octanol–water partition coefficient (Wildman–Crippen LogP) is 5.81. The monoisotopic (exact) mass is 529 g/mol. The highest BCUT2D eigenvalue weighted by Gasteiger charge is 2.25. The van der Waals surface area contributed by atoms with Crippen molar-refractivity contribution in [2.45, 2.75) is 44.9 Å². The molecule has 3 rings (SSSR count). The molecule has 3 aromatic rings. The maximum Gasteiger partial charge on any atom is 0.253 e. The second kappa shape index (κ2) is 12.7. The smallest absolute Gasteiger partial charge is 0.253 e. The highest BCUT2D eigenvalue weighted by Crippen LogP contribution is 2.26. The molecule has 7 nitrogen and oxygen atoms in total. The molecule has 0 radical (unpaired) electrons. The average Bonchev–Trinajstić information content (AvgIpc) is 3.22. The van der Waals surface area contributed by atoms with E-state index in [0.29, 0.717) is 40.2 Å². The van der Waals surface area contributed by atoms with Gasteiger partial charge in [0.2, 0.25) is 5.91 Å². The van der Waals surface area contributed by atoms with Gasteiger partial charge in [-0.15, -0.1) is 16.8 Å². The summed E-state index contributed by atoms with van der Waals surface area (Å²) >= 11 is 7.42. The zero-order chi connectivity index (χ0) is 26.2. The largest absolute Gasteiger partial charge is 0.342 e. The first-order valence-electron chi connectivity index (χ1n) is 11.5. The fraction of sp³-hybridized carbons (Fsp3) is 0.308. The van der Waals surface area contributed by atoms with Gasteiger partial charge >= 0.3 is 0 Å². The highest BCUT2D eigenvalue weighted by molar-refractivity contribution is 7.99. The third-order valence-electron chi connectivity index (χ3n) is 5.31. The number of benzene rings is 2. The van der Waals surface area contributed by atoms with E-state index in [9.17, 15) is 14.0 Å². The molecule has 2 N–H and O–H groups in total. The van der Waals surface area contributed by atoms with E-state index in [1.807, 2.05) is 4.57 Å². The van der Waals surface area contributed by atoms with E-state index < -0.39 is 11.9 Å². The quantitative estimate of drug-likeness (QED) is 0.241. The number of nitrogens with one attached hydrogen (secondary N) is 2. The second-order valence-electron chi connectivity index (χ2n) is 8.67. The normalized spacial score (nSPS) is 11.8. The molecule has 0 aliphatic heterocycles. The van der Waals surface area contributed by atoms with Gasteiger partial charge in [-0.1, -0.05) is 61.5 Å². The number of carbonyl (C=O) groups is 2. The summed E-state index contributed by atoms with van der Waals surface area (Å²) in [5, 5.41) is 15.3. The van der Waals surface area contributed by atoms with Crippen molar-refractivity contribution in [3.05, 3.63) is 82.9 Å². The van der Waals surface area contributed by atoms with E-state index in [-0.39, 0.29) is 23.5 Å². The van der Waals surface area contributed by atoms with Crippen molar-refractivity contribution in [2.24, 2.45) is 5.92 Å². The third-order valence-corrected chi connectivity index (χ3v) is 6.60. The Kier molecular flexibility index (Phi) is 9.66. The molecular weight excluding hydrogens is 501 g/mol. The van der Waals surface area contributed by atoms with Crippen LogP contribution in [0.2, 0.25) is 5.02 Å². The third kappa shape index (κ3) is 7.18. The molecule has 0 saturated carbocycles. The number of rotatable bonds is 11. The maximum atomic E-state index is 13.6. The van der Waals surface area contributed by atoms with Gasteiger partial charge < -0.3 is 15.2 Å². The van der Waals surface area contributed by atoms with Gasteiger partial charge in [0.15, 0.2) is 11.0 Å². The van der Waals surface area contributed by atoms with Crippen LogP contribution >= 0.6 is 23.4 Å². The number of hydrogen-bond acceptors (Lipinski definition) is 5. The lowest BCUT2D eigenvalue weighted by molar-refractivity contribution is -0.113. The number of allylic oxidation sites excluding steroid dienone is 1. The fourth-order valence-electron chi connectivity index (χ4n) is 3.59. The molecule has 1 aromatic heterocycles. The lowest BCUT2D eigenvalue weighted by Gasteiger charge is -2.21. The number of carbonyl (C=O) groups excluding carboxylic acids is 2. The fourth-order valence-corrected chi connectivity index (χ4v) is 4.57. The van der Waals surface area contributed by atoms with Crippen molar-refractivity contribution in [3.8, 4) is 0 Å². The van der Waals surface area contributed by atoms with E-state index in [1.54, 1.807) is 43.3 Å². The summed E-state index contributed by atoms with van der Waals surface area (Å²) in [7, 11) is 0. The van der Waals surface area contributed by atoms with Crippen molar-refractivity contribution < 1.29 is 14.0 Å². The Morgan fingerprint density at radius 2 is 1.97 bits per heavy atom. The number of aryl methyl sites for hydroxylation is 1. The average molecular weight is 530 g/mol. The van der Waals surface area contributed by atoms with Crippen LogP contribution in [0.3, 0.4) is 0 Å². The minimum absolute atomic E-state index is 0.0477. The van der Waals surface area contributed by atoms with Crippen molar-refractivity contribution in [1.82, 2.24) is 20.1 Å². The second-order valence-corrected chi connectivity index (χ2v) is 10.0. The number of thioether (sulfide) groups is 1. The molecule has 0 aliphatic rings. The maximum absolute atomic E-state index is 13.6. The number of amides is 2. The Morgan fingerprint density at radius 1 is 1.22 bits per heavy atom. The van der Waals surface area contributed by atoms with Gasteiger partial charge in [-0.2, -0.15) is 0 Å². The number of hydrogen-bond donors (Lipinski definition) is 2. The van der Waals surface area contributed by atoms with Crippen LogP contribution in [0.5, 0.6) is 0 Å². The van der Waals surface area contributed by atoms with Crippen LogP contribution in [0.15, 0.2) is 60.3 Å². The topological polar surface area (TPSA) is 88.9 Å². The Morgan fingerprint density at radius 3 is 2.67 bits per heavy atom. The standard InChI is InChI=1S/C26H29ClFN5O2S/c1-5-12-33-24(22(13-16(2)3)30-25(35)19-8-6-7-9-20(19)27)31-32-26(33)36-15-23(34)29-21-14-18(28)11-10-17(21)4/h5-11,14,16,22H,1,12-13,15H2,2-4H3,(H,29,34)(H,30,35)/t22-/m1/s1.